The lowest BCUT2D eigenvalue weighted by molar-refractivity contribution is -0.137. The standard InChI is InChI=1S/C19H21F3N6/c20-19(21,22)14-7-8-15(25-10-11-3-5-12(23)6-4-11)26-17(14)16-13-2-1-9-24-18(13)28-27-16/h1-2,7-9,11-12H,3-6,10,23H2,(H,25,26)(H,24,27,28). The van der Waals surface area contributed by atoms with Crippen LogP contribution in [0.1, 0.15) is 31.2 Å². The summed E-state index contributed by atoms with van der Waals surface area (Å²) in [6.45, 7) is 0.660. The van der Waals surface area contributed by atoms with Gasteiger partial charge in [0.2, 0.25) is 0 Å². The molecule has 4 N–H and O–H groups in total. The third-order valence-electron chi connectivity index (χ3n) is 5.22. The van der Waals surface area contributed by atoms with Crippen LogP contribution in [-0.4, -0.2) is 32.8 Å². The van der Waals surface area contributed by atoms with Crippen molar-refractivity contribution in [3.8, 4) is 11.4 Å². The van der Waals surface area contributed by atoms with Crippen molar-refractivity contribution in [3.05, 3.63) is 36.0 Å². The van der Waals surface area contributed by atoms with Gasteiger partial charge >= 0.3 is 6.18 Å². The van der Waals surface area contributed by atoms with E-state index < -0.39 is 11.7 Å². The molecule has 0 unspecified atom stereocenters. The van der Waals surface area contributed by atoms with Crippen molar-refractivity contribution in [2.75, 3.05) is 11.9 Å². The first-order valence-electron chi connectivity index (χ1n) is 9.29. The Kier molecular flexibility index (Phi) is 4.92. The fourth-order valence-corrected chi connectivity index (χ4v) is 3.64. The number of nitrogens with two attached hydrogens (primary N) is 1. The molecule has 0 atom stereocenters. The Morgan fingerprint density at radius 1 is 1.11 bits per heavy atom. The van der Waals surface area contributed by atoms with Crippen LogP contribution in [0.25, 0.3) is 22.4 Å². The van der Waals surface area contributed by atoms with Crippen LogP contribution in [-0.2, 0) is 6.18 Å². The zero-order valence-electron chi connectivity index (χ0n) is 15.1. The largest absolute Gasteiger partial charge is 0.418 e. The highest BCUT2D eigenvalue weighted by Gasteiger charge is 2.36. The van der Waals surface area contributed by atoms with Gasteiger partial charge in [0.25, 0.3) is 0 Å². The minimum absolute atomic E-state index is 0.141. The monoisotopic (exact) mass is 390 g/mol. The molecule has 1 saturated carbocycles. The summed E-state index contributed by atoms with van der Waals surface area (Å²) in [5.41, 5.74) is 5.46. The number of pyridine rings is 2. The highest BCUT2D eigenvalue weighted by molar-refractivity contribution is 5.90. The van der Waals surface area contributed by atoms with Crippen LogP contribution in [0, 0.1) is 5.92 Å². The summed E-state index contributed by atoms with van der Waals surface area (Å²) >= 11 is 0. The first-order chi connectivity index (χ1) is 13.4. The molecule has 0 bridgehead atoms. The zero-order valence-corrected chi connectivity index (χ0v) is 15.1. The van der Waals surface area contributed by atoms with E-state index in [1.807, 2.05) is 0 Å². The summed E-state index contributed by atoms with van der Waals surface area (Å²) in [4.78, 5) is 8.36. The topological polar surface area (TPSA) is 92.5 Å². The number of aromatic nitrogens is 4. The van der Waals surface area contributed by atoms with E-state index in [1.54, 1.807) is 18.3 Å². The van der Waals surface area contributed by atoms with E-state index in [1.165, 1.54) is 6.07 Å². The molecular formula is C19H21F3N6. The van der Waals surface area contributed by atoms with E-state index in [4.69, 9.17) is 5.73 Å². The van der Waals surface area contributed by atoms with Gasteiger partial charge in [0.1, 0.15) is 17.2 Å². The molecule has 3 aromatic heterocycles. The second-order valence-electron chi connectivity index (χ2n) is 7.22. The van der Waals surface area contributed by atoms with E-state index in [2.05, 4.69) is 25.5 Å². The SMILES string of the molecule is NC1CCC(CNc2ccc(C(F)(F)F)c(-c3n[nH]c4ncccc34)n2)CC1. The molecule has 4 rings (SSSR count). The number of fused-ring (bicyclic) bond motifs is 1. The van der Waals surface area contributed by atoms with Gasteiger partial charge in [0.15, 0.2) is 5.65 Å². The summed E-state index contributed by atoms with van der Waals surface area (Å²) in [6, 6.07) is 6.01. The van der Waals surface area contributed by atoms with Crippen LogP contribution < -0.4 is 11.1 Å². The van der Waals surface area contributed by atoms with Crippen molar-refractivity contribution in [2.45, 2.75) is 37.9 Å². The molecule has 0 aromatic carbocycles. The second kappa shape index (κ2) is 7.38. The molecule has 1 aliphatic carbocycles. The number of halogens is 3. The summed E-state index contributed by atoms with van der Waals surface area (Å²) in [6.07, 6.45) is 0.994. The summed E-state index contributed by atoms with van der Waals surface area (Å²) in [5, 5.41) is 10.4. The van der Waals surface area contributed by atoms with Gasteiger partial charge in [0, 0.05) is 24.2 Å². The van der Waals surface area contributed by atoms with E-state index in [-0.39, 0.29) is 17.4 Å². The van der Waals surface area contributed by atoms with E-state index in [0.717, 1.165) is 31.7 Å². The predicted molar refractivity (Wildman–Crippen MR) is 101 cm³/mol. The van der Waals surface area contributed by atoms with Crippen molar-refractivity contribution in [2.24, 2.45) is 11.7 Å². The number of nitrogens with one attached hydrogen (secondary N) is 2. The molecule has 9 heteroatoms. The average molecular weight is 390 g/mol. The van der Waals surface area contributed by atoms with Crippen molar-refractivity contribution in [3.63, 3.8) is 0 Å². The number of H-pyrrole nitrogens is 1. The molecule has 148 valence electrons. The lowest BCUT2D eigenvalue weighted by atomic mass is 9.86. The maximum Gasteiger partial charge on any atom is 0.418 e. The molecule has 6 nitrogen and oxygen atoms in total. The normalized spacial score (nSPS) is 20.4. The number of hydrogen-bond donors (Lipinski definition) is 3. The van der Waals surface area contributed by atoms with Crippen LogP contribution in [0.2, 0.25) is 0 Å². The highest BCUT2D eigenvalue weighted by Crippen LogP contribution is 2.38. The molecule has 3 heterocycles. The fraction of sp³-hybridized carbons (Fsp3) is 0.421. The molecule has 1 aliphatic rings. The number of rotatable bonds is 4. The molecule has 0 aliphatic heterocycles. The van der Waals surface area contributed by atoms with Gasteiger partial charge < -0.3 is 11.1 Å². The average Bonchev–Trinajstić information content (AvgIpc) is 3.11. The summed E-state index contributed by atoms with van der Waals surface area (Å²) in [7, 11) is 0. The van der Waals surface area contributed by atoms with Gasteiger partial charge in [-0.3, -0.25) is 5.10 Å². The second-order valence-corrected chi connectivity index (χ2v) is 7.22. The van der Waals surface area contributed by atoms with Crippen molar-refractivity contribution < 1.29 is 13.2 Å². The number of hydrogen-bond acceptors (Lipinski definition) is 5. The first kappa shape index (κ1) is 18.7. The molecular weight excluding hydrogens is 369 g/mol. The van der Waals surface area contributed by atoms with Gasteiger partial charge in [-0.15, -0.1) is 0 Å². The van der Waals surface area contributed by atoms with Crippen molar-refractivity contribution >= 4 is 16.9 Å². The third-order valence-corrected chi connectivity index (χ3v) is 5.22. The zero-order chi connectivity index (χ0) is 19.7. The Balaban J connectivity index is 1.64. The molecule has 1 fully saturated rings. The highest BCUT2D eigenvalue weighted by atomic mass is 19.4. The van der Waals surface area contributed by atoms with Crippen LogP contribution in [0.5, 0.6) is 0 Å². The predicted octanol–water partition coefficient (Wildman–Crippen LogP) is 3.97. The number of nitrogens with zero attached hydrogens (tertiary/aromatic N) is 3. The summed E-state index contributed by atoms with van der Waals surface area (Å²) in [5.74, 6) is 0.848. The van der Waals surface area contributed by atoms with Gasteiger partial charge in [-0.05, 0) is 55.9 Å². The number of anilines is 1. The number of alkyl halides is 3. The molecule has 0 radical (unpaired) electrons. The summed E-state index contributed by atoms with van der Waals surface area (Å²) < 4.78 is 40.7. The maximum atomic E-state index is 13.6. The Morgan fingerprint density at radius 2 is 1.89 bits per heavy atom. The lowest BCUT2D eigenvalue weighted by Gasteiger charge is -2.26. The van der Waals surface area contributed by atoms with Gasteiger partial charge in [0.05, 0.1) is 5.56 Å². The van der Waals surface area contributed by atoms with Gasteiger partial charge in [-0.25, -0.2) is 9.97 Å². The molecule has 0 amide bonds. The smallest absolute Gasteiger partial charge is 0.370 e. The molecule has 0 saturated heterocycles. The fourth-order valence-electron chi connectivity index (χ4n) is 3.64. The number of aromatic amines is 1. The minimum Gasteiger partial charge on any atom is -0.370 e. The van der Waals surface area contributed by atoms with Gasteiger partial charge in [-0.2, -0.15) is 18.3 Å². The van der Waals surface area contributed by atoms with Gasteiger partial charge in [-0.1, -0.05) is 0 Å². The van der Waals surface area contributed by atoms with Crippen LogP contribution in [0.3, 0.4) is 0 Å². The van der Waals surface area contributed by atoms with Crippen molar-refractivity contribution in [1.29, 1.82) is 0 Å². The van der Waals surface area contributed by atoms with Crippen LogP contribution in [0.4, 0.5) is 19.0 Å². The van der Waals surface area contributed by atoms with Crippen LogP contribution >= 0.6 is 0 Å². The van der Waals surface area contributed by atoms with E-state index >= 15 is 0 Å². The van der Waals surface area contributed by atoms with E-state index in [0.29, 0.717) is 29.3 Å². The molecule has 0 spiro atoms. The first-order valence-corrected chi connectivity index (χ1v) is 9.29. The van der Waals surface area contributed by atoms with Crippen LogP contribution in [0.15, 0.2) is 30.5 Å². The maximum absolute atomic E-state index is 13.6. The quantitative estimate of drug-likeness (QED) is 0.627. The lowest BCUT2D eigenvalue weighted by Crippen LogP contribution is -2.29. The Bertz CT molecular complexity index is 960. The van der Waals surface area contributed by atoms with E-state index in [9.17, 15) is 13.2 Å². The molecule has 28 heavy (non-hydrogen) atoms. The Labute approximate surface area is 159 Å². The van der Waals surface area contributed by atoms with Crippen molar-refractivity contribution in [1.82, 2.24) is 20.2 Å². The molecule has 3 aromatic rings. The minimum atomic E-state index is -4.53. The third kappa shape index (κ3) is 3.80. The Morgan fingerprint density at radius 3 is 2.64 bits per heavy atom. The Hall–Kier alpha value is -2.68.